The summed E-state index contributed by atoms with van der Waals surface area (Å²) in [6.07, 6.45) is 1.97. The number of hydrogen-bond acceptors (Lipinski definition) is 4. The summed E-state index contributed by atoms with van der Waals surface area (Å²) in [4.78, 5) is 12.8. The Morgan fingerprint density at radius 2 is 1.66 bits per heavy atom. The second-order valence-corrected chi connectivity index (χ2v) is 9.31. The van der Waals surface area contributed by atoms with Gasteiger partial charge >= 0.3 is 0 Å². The van der Waals surface area contributed by atoms with Crippen LogP contribution in [0.15, 0.2) is 48.5 Å². The molecule has 1 N–H and O–H groups in total. The number of sulfonamides is 1. The molecule has 0 fully saturated rings. The summed E-state index contributed by atoms with van der Waals surface area (Å²) >= 11 is 0. The van der Waals surface area contributed by atoms with Gasteiger partial charge in [0.05, 0.1) is 25.1 Å². The van der Waals surface area contributed by atoms with Crippen molar-refractivity contribution >= 4 is 21.6 Å². The van der Waals surface area contributed by atoms with Crippen molar-refractivity contribution in [3.8, 4) is 5.75 Å². The van der Waals surface area contributed by atoms with Crippen molar-refractivity contribution in [3.63, 3.8) is 0 Å². The molecule has 0 aromatic heterocycles. The van der Waals surface area contributed by atoms with E-state index < -0.39 is 10.0 Å². The van der Waals surface area contributed by atoms with Gasteiger partial charge in [-0.1, -0.05) is 26.0 Å². The predicted molar refractivity (Wildman–Crippen MR) is 117 cm³/mol. The van der Waals surface area contributed by atoms with E-state index in [1.807, 2.05) is 24.3 Å². The van der Waals surface area contributed by atoms with Crippen LogP contribution >= 0.6 is 0 Å². The van der Waals surface area contributed by atoms with Gasteiger partial charge in [-0.2, -0.15) is 0 Å². The lowest BCUT2D eigenvalue weighted by Crippen LogP contribution is -2.30. The number of rotatable bonds is 9. The summed E-state index contributed by atoms with van der Waals surface area (Å²) in [7, 11) is -1.73. The number of nitrogens with one attached hydrogen (secondary N) is 1. The van der Waals surface area contributed by atoms with Gasteiger partial charge in [-0.15, -0.1) is 0 Å². The number of anilines is 1. The van der Waals surface area contributed by atoms with Gasteiger partial charge in [-0.3, -0.25) is 9.10 Å². The van der Waals surface area contributed by atoms with Gasteiger partial charge in [-0.05, 0) is 61.2 Å². The highest BCUT2D eigenvalue weighted by Gasteiger charge is 2.19. The molecule has 1 unspecified atom stereocenters. The third kappa shape index (κ3) is 6.22. The number of carbonyl (C=O) groups excluding carboxylic acids is 1. The van der Waals surface area contributed by atoms with Crippen LogP contribution in [0.1, 0.15) is 49.2 Å². The molecule has 0 aliphatic carbocycles. The van der Waals surface area contributed by atoms with Gasteiger partial charge in [0.25, 0.3) is 5.91 Å². The lowest BCUT2D eigenvalue weighted by molar-refractivity contribution is 0.0932. The summed E-state index contributed by atoms with van der Waals surface area (Å²) in [5.41, 5.74) is 2.04. The van der Waals surface area contributed by atoms with E-state index in [-0.39, 0.29) is 11.9 Å². The summed E-state index contributed by atoms with van der Waals surface area (Å²) in [6, 6.07) is 14.2. The second kappa shape index (κ2) is 9.78. The zero-order valence-electron chi connectivity index (χ0n) is 17.7. The first-order valence-electron chi connectivity index (χ1n) is 9.68. The average molecular weight is 419 g/mol. The quantitative estimate of drug-likeness (QED) is 0.668. The summed E-state index contributed by atoms with van der Waals surface area (Å²) in [5, 5.41) is 3.10. The third-order valence-corrected chi connectivity index (χ3v) is 5.91. The van der Waals surface area contributed by atoms with Crippen LogP contribution in [0.2, 0.25) is 0 Å². The van der Waals surface area contributed by atoms with E-state index in [0.717, 1.165) is 17.7 Å². The van der Waals surface area contributed by atoms with Crippen LogP contribution in [-0.4, -0.2) is 34.2 Å². The standard InChI is InChI=1S/C22H30N2O4S/c1-6-24(29(5,26)27)19-11-7-18(8-12-19)22(25)23-21(15-16(2)3)17-9-13-20(28-4)14-10-17/h7-14,16,21H,6,15H2,1-5H3,(H,23,25). The fraction of sp³-hybridized carbons (Fsp3) is 0.409. The maximum atomic E-state index is 12.8. The Bertz CT molecular complexity index is 907. The topological polar surface area (TPSA) is 75.7 Å². The van der Waals surface area contributed by atoms with E-state index in [4.69, 9.17) is 4.74 Å². The Labute approximate surface area is 173 Å². The number of benzene rings is 2. The van der Waals surface area contributed by atoms with Crippen LogP contribution < -0.4 is 14.4 Å². The fourth-order valence-electron chi connectivity index (χ4n) is 3.22. The fourth-order valence-corrected chi connectivity index (χ4v) is 4.19. The molecule has 0 saturated heterocycles. The van der Waals surface area contributed by atoms with E-state index in [1.165, 1.54) is 10.6 Å². The number of hydrogen-bond donors (Lipinski definition) is 1. The number of methoxy groups -OCH3 is 1. The monoisotopic (exact) mass is 418 g/mol. The molecular formula is C22H30N2O4S. The predicted octanol–water partition coefficient (Wildman–Crippen LogP) is 4.00. The molecule has 29 heavy (non-hydrogen) atoms. The smallest absolute Gasteiger partial charge is 0.251 e. The minimum atomic E-state index is -3.35. The Morgan fingerprint density at radius 3 is 2.10 bits per heavy atom. The molecule has 7 heteroatoms. The zero-order valence-corrected chi connectivity index (χ0v) is 18.5. The highest BCUT2D eigenvalue weighted by atomic mass is 32.2. The summed E-state index contributed by atoms with van der Waals surface area (Å²) < 4.78 is 30.2. The molecule has 0 bridgehead atoms. The van der Waals surface area contributed by atoms with Crippen LogP contribution in [0, 0.1) is 5.92 Å². The van der Waals surface area contributed by atoms with Crippen molar-refractivity contribution in [2.45, 2.75) is 33.2 Å². The molecule has 0 saturated carbocycles. The maximum absolute atomic E-state index is 12.8. The van der Waals surface area contributed by atoms with Crippen molar-refractivity contribution in [3.05, 3.63) is 59.7 Å². The van der Waals surface area contributed by atoms with Crippen molar-refractivity contribution in [2.75, 3.05) is 24.2 Å². The van der Waals surface area contributed by atoms with E-state index in [9.17, 15) is 13.2 Å². The zero-order chi connectivity index (χ0) is 21.6. The van der Waals surface area contributed by atoms with Gasteiger partial charge in [0.2, 0.25) is 10.0 Å². The molecule has 2 aromatic rings. The van der Waals surface area contributed by atoms with Crippen molar-refractivity contribution < 1.29 is 17.9 Å². The highest BCUT2D eigenvalue weighted by Crippen LogP contribution is 2.24. The molecule has 6 nitrogen and oxygen atoms in total. The van der Waals surface area contributed by atoms with Crippen molar-refractivity contribution in [1.29, 1.82) is 0 Å². The number of amides is 1. The highest BCUT2D eigenvalue weighted by molar-refractivity contribution is 7.92. The van der Waals surface area contributed by atoms with Crippen molar-refractivity contribution in [1.82, 2.24) is 5.32 Å². The summed E-state index contributed by atoms with van der Waals surface area (Å²) in [5.74, 6) is 0.975. The summed E-state index contributed by atoms with van der Waals surface area (Å²) in [6.45, 7) is 6.33. The molecule has 0 heterocycles. The van der Waals surface area contributed by atoms with Gasteiger partial charge in [-0.25, -0.2) is 8.42 Å². The minimum Gasteiger partial charge on any atom is -0.497 e. The molecule has 0 aliphatic heterocycles. The Kier molecular flexibility index (Phi) is 7.67. The number of ether oxygens (including phenoxy) is 1. The van der Waals surface area contributed by atoms with Crippen LogP contribution in [0.25, 0.3) is 0 Å². The Balaban J connectivity index is 2.20. The minimum absolute atomic E-state index is 0.128. The van der Waals surface area contributed by atoms with E-state index in [1.54, 1.807) is 38.3 Å². The molecule has 1 amide bonds. The lowest BCUT2D eigenvalue weighted by atomic mass is 9.96. The Hall–Kier alpha value is -2.54. The van der Waals surface area contributed by atoms with Crippen LogP contribution in [0.5, 0.6) is 5.75 Å². The van der Waals surface area contributed by atoms with Gasteiger partial charge in [0, 0.05) is 12.1 Å². The number of nitrogens with zero attached hydrogens (tertiary/aromatic N) is 1. The molecule has 158 valence electrons. The number of carbonyl (C=O) groups is 1. The van der Waals surface area contributed by atoms with Gasteiger partial charge in [0.1, 0.15) is 5.75 Å². The largest absolute Gasteiger partial charge is 0.497 e. The van der Waals surface area contributed by atoms with Gasteiger partial charge in [0.15, 0.2) is 0 Å². The van der Waals surface area contributed by atoms with E-state index in [2.05, 4.69) is 19.2 Å². The van der Waals surface area contributed by atoms with Crippen LogP contribution in [-0.2, 0) is 10.0 Å². The van der Waals surface area contributed by atoms with E-state index >= 15 is 0 Å². The van der Waals surface area contributed by atoms with E-state index in [0.29, 0.717) is 23.7 Å². The molecule has 2 rings (SSSR count). The molecule has 1 atom stereocenters. The lowest BCUT2D eigenvalue weighted by Gasteiger charge is -2.22. The average Bonchev–Trinajstić information content (AvgIpc) is 2.67. The SMILES string of the molecule is CCN(c1ccc(C(=O)NC(CC(C)C)c2ccc(OC)cc2)cc1)S(C)(=O)=O. The molecular weight excluding hydrogens is 388 g/mol. The first-order chi connectivity index (χ1) is 13.7. The molecule has 0 aliphatic rings. The first-order valence-corrected chi connectivity index (χ1v) is 11.5. The van der Waals surface area contributed by atoms with Crippen LogP contribution in [0.3, 0.4) is 0 Å². The first kappa shape index (κ1) is 22.7. The molecule has 2 aromatic carbocycles. The van der Waals surface area contributed by atoms with Gasteiger partial charge < -0.3 is 10.1 Å². The van der Waals surface area contributed by atoms with Crippen molar-refractivity contribution in [2.24, 2.45) is 5.92 Å². The Morgan fingerprint density at radius 1 is 1.07 bits per heavy atom. The molecule has 0 radical (unpaired) electrons. The normalized spacial score (nSPS) is 12.5. The second-order valence-electron chi connectivity index (χ2n) is 7.40. The van der Waals surface area contributed by atoms with Crippen LogP contribution in [0.4, 0.5) is 5.69 Å². The third-order valence-electron chi connectivity index (χ3n) is 4.64. The molecule has 0 spiro atoms. The maximum Gasteiger partial charge on any atom is 0.251 e.